The highest BCUT2D eigenvalue weighted by atomic mass is 32.1. The number of para-hydroxylation sites is 2. The minimum absolute atomic E-state index is 0.220. The Hall–Kier alpha value is -3.52. The summed E-state index contributed by atoms with van der Waals surface area (Å²) in [5, 5.41) is 11.2. The SMILES string of the molecule is Nc1ccccc1NC(=O)c1ccc(-c2cn(CCc3ccc(F)cc3)nn2)s1. The molecule has 2 aromatic heterocycles. The Labute approximate surface area is 170 Å². The molecule has 0 aliphatic rings. The van der Waals surface area contributed by atoms with Crippen LogP contribution in [0.4, 0.5) is 15.8 Å². The molecule has 0 bridgehead atoms. The summed E-state index contributed by atoms with van der Waals surface area (Å²) in [5.41, 5.74) is 8.70. The quantitative estimate of drug-likeness (QED) is 0.469. The number of amides is 1. The standard InChI is InChI=1S/C21H18FN5OS/c22-15-7-5-14(6-8-15)11-12-27-13-18(25-26-27)19-9-10-20(29-19)21(28)24-17-4-2-1-3-16(17)23/h1-10,13H,11-12,23H2,(H,24,28). The second-order valence-electron chi connectivity index (χ2n) is 6.45. The number of anilines is 2. The molecule has 8 heteroatoms. The summed E-state index contributed by atoms with van der Waals surface area (Å²) in [6, 6.07) is 17.1. The van der Waals surface area contributed by atoms with Gasteiger partial charge in [-0.2, -0.15) is 0 Å². The number of aromatic nitrogens is 3. The zero-order valence-electron chi connectivity index (χ0n) is 15.4. The van der Waals surface area contributed by atoms with Gasteiger partial charge < -0.3 is 11.1 Å². The van der Waals surface area contributed by atoms with Gasteiger partial charge in [0.2, 0.25) is 0 Å². The van der Waals surface area contributed by atoms with Gasteiger partial charge in [0.25, 0.3) is 5.91 Å². The molecule has 29 heavy (non-hydrogen) atoms. The van der Waals surface area contributed by atoms with Crippen LogP contribution in [0.5, 0.6) is 0 Å². The fourth-order valence-corrected chi connectivity index (χ4v) is 3.66. The molecule has 3 N–H and O–H groups in total. The molecule has 0 atom stereocenters. The highest BCUT2D eigenvalue weighted by molar-refractivity contribution is 7.17. The van der Waals surface area contributed by atoms with Gasteiger partial charge in [0, 0.05) is 6.54 Å². The second-order valence-corrected chi connectivity index (χ2v) is 7.53. The molecule has 2 aromatic carbocycles. The number of halogens is 1. The lowest BCUT2D eigenvalue weighted by atomic mass is 10.1. The highest BCUT2D eigenvalue weighted by Crippen LogP contribution is 2.27. The molecule has 1 amide bonds. The largest absolute Gasteiger partial charge is 0.397 e. The number of hydrogen-bond acceptors (Lipinski definition) is 5. The zero-order chi connectivity index (χ0) is 20.2. The average Bonchev–Trinajstić information content (AvgIpc) is 3.39. The molecule has 6 nitrogen and oxygen atoms in total. The molecular formula is C21H18FN5OS. The van der Waals surface area contributed by atoms with Crippen molar-refractivity contribution < 1.29 is 9.18 Å². The number of benzene rings is 2. The van der Waals surface area contributed by atoms with Crippen LogP contribution in [0.15, 0.2) is 66.9 Å². The van der Waals surface area contributed by atoms with Crippen LogP contribution in [0.1, 0.15) is 15.2 Å². The van der Waals surface area contributed by atoms with Gasteiger partial charge in [0.15, 0.2) is 0 Å². The van der Waals surface area contributed by atoms with Crippen molar-refractivity contribution in [1.82, 2.24) is 15.0 Å². The van der Waals surface area contributed by atoms with Crippen LogP contribution in [0, 0.1) is 5.82 Å². The third-order valence-electron chi connectivity index (χ3n) is 4.37. The van der Waals surface area contributed by atoms with Crippen molar-refractivity contribution in [2.75, 3.05) is 11.1 Å². The van der Waals surface area contributed by atoms with Crippen LogP contribution in [0.2, 0.25) is 0 Å². The van der Waals surface area contributed by atoms with E-state index in [-0.39, 0.29) is 11.7 Å². The summed E-state index contributed by atoms with van der Waals surface area (Å²) in [4.78, 5) is 13.9. The van der Waals surface area contributed by atoms with E-state index >= 15 is 0 Å². The minimum atomic E-state index is -0.246. The normalized spacial score (nSPS) is 10.8. The van der Waals surface area contributed by atoms with Gasteiger partial charge in [-0.15, -0.1) is 16.4 Å². The monoisotopic (exact) mass is 407 g/mol. The first-order chi connectivity index (χ1) is 14.1. The molecule has 4 rings (SSSR count). The van der Waals surface area contributed by atoms with Crippen molar-refractivity contribution in [2.45, 2.75) is 13.0 Å². The van der Waals surface area contributed by atoms with Crippen LogP contribution < -0.4 is 11.1 Å². The lowest BCUT2D eigenvalue weighted by molar-refractivity contribution is 0.103. The van der Waals surface area contributed by atoms with Gasteiger partial charge in [-0.3, -0.25) is 9.48 Å². The molecule has 0 aliphatic heterocycles. The third kappa shape index (κ3) is 4.49. The first-order valence-corrected chi connectivity index (χ1v) is 9.81. The Morgan fingerprint density at radius 1 is 1.10 bits per heavy atom. The van der Waals surface area contributed by atoms with E-state index in [1.807, 2.05) is 24.4 Å². The summed E-state index contributed by atoms with van der Waals surface area (Å²) in [5.74, 6) is -0.466. The predicted octanol–water partition coefficient (Wildman–Crippen LogP) is 4.22. The maximum atomic E-state index is 13.0. The number of hydrogen-bond donors (Lipinski definition) is 2. The summed E-state index contributed by atoms with van der Waals surface area (Å²) in [6.45, 7) is 0.630. The van der Waals surface area contributed by atoms with E-state index in [1.54, 1.807) is 35.0 Å². The van der Waals surface area contributed by atoms with E-state index in [0.29, 0.717) is 28.5 Å². The van der Waals surface area contributed by atoms with Crippen LogP contribution in [-0.4, -0.2) is 20.9 Å². The molecular weight excluding hydrogens is 389 g/mol. The molecule has 0 radical (unpaired) electrons. The molecule has 0 saturated carbocycles. The molecule has 0 aliphatic carbocycles. The van der Waals surface area contributed by atoms with Crippen molar-refractivity contribution in [2.24, 2.45) is 0 Å². The van der Waals surface area contributed by atoms with Crippen LogP contribution >= 0.6 is 11.3 Å². The molecule has 0 spiro atoms. The summed E-state index contributed by atoms with van der Waals surface area (Å²) >= 11 is 1.34. The Morgan fingerprint density at radius 3 is 2.69 bits per heavy atom. The fraction of sp³-hybridized carbons (Fsp3) is 0.0952. The molecule has 0 unspecified atom stereocenters. The molecule has 4 aromatic rings. The molecule has 2 heterocycles. The van der Waals surface area contributed by atoms with E-state index in [2.05, 4.69) is 15.6 Å². The van der Waals surface area contributed by atoms with E-state index in [0.717, 1.165) is 16.9 Å². The number of rotatable bonds is 6. The second kappa shape index (κ2) is 8.24. The smallest absolute Gasteiger partial charge is 0.265 e. The number of nitrogens with zero attached hydrogens (tertiary/aromatic N) is 3. The lowest BCUT2D eigenvalue weighted by Gasteiger charge is -2.06. The average molecular weight is 407 g/mol. The fourth-order valence-electron chi connectivity index (χ4n) is 2.81. The number of thiophene rings is 1. The maximum Gasteiger partial charge on any atom is 0.265 e. The molecule has 0 fully saturated rings. The van der Waals surface area contributed by atoms with Crippen molar-refractivity contribution in [3.05, 3.63) is 83.1 Å². The minimum Gasteiger partial charge on any atom is -0.397 e. The topological polar surface area (TPSA) is 85.8 Å². The Bertz CT molecular complexity index is 1140. The number of carbonyl (C=O) groups is 1. The van der Waals surface area contributed by atoms with Gasteiger partial charge in [-0.25, -0.2) is 4.39 Å². The van der Waals surface area contributed by atoms with Crippen molar-refractivity contribution in [1.29, 1.82) is 0 Å². The van der Waals surface area contributed by atoms with Crippen LogP contribution in [0.25, 0.3) is 10.6 Å². The Balaban J connectivity index is 1.41. The molecule has 0 saturated heterocycles. The third-order valence-corrected chi connectivity index (χ3v) is 5.48. The van der Waals surface area contributed by atoms with Gasteiger partial charge in [-0.1, -0.05) is 29.5 Å². The van der Waals surface area contributed by atoms with Crippen molar-refractivity contribution in [3.63, 3.8) is 0 Å². The first kappa shape index (κ1) is 18.8. The van der Waals surface area contributed by atoms with Crippen molar-refractivity contribution >= 4 is 28.6 Å². The maximum absolute atomic E-state index is 13.0. The predicted molar refractivity (Wildman–Crippen MR) is 112 cm³/mol. The van der Waals surface area contributed by atoms with Crippen LogP contribution in [-0.2, 0) is 13.0 Å². The van der Waals surface area contributed by atoms with Gasteiger partial charge in [-0.05, 0) is 48.4 Å². The van der Waals surface area contributed by atoms with E-state index in [9.17, 15) is 9.18 Å². The summed E-state index contributed by atoms with van der Waals surface area (Å²) in [7, 11) is 0. The van der Waals surface area contributed by atoms with E-state index in [1.165, 1.54) is 23.5 Å². The van der Waals surface area contributed by atoms with Crippen LogP contribution in [0.3, 0.4) is 0 Å². The Kier molecular flexibility index (Phi) is 5.35. The first-order valence-electron chi connectivity index (χ1n) is 8.99. The number of aryl methyl sites for hydroxylation is 2. The van der Waals surface area contributed by atoms with Gasteiger partial charge >= 0.3 is 0 Å². The summed E-state index contributed by atoms with van der Waals surface area (Å²) < 4.78 is 14.7. The number of nitrogen functional groups attached to an aromatic ring is 1. The number of nitrogens with two attached hydrogens (primary N) is 1. The number of carbonyl (C=O) groups excluding carboxylic acids is 1. The van der Waals surface area contributed by atoms with Gasteiger partial charge in [0.1, 0.15) is 11.5 Å². The summed E-state index contributed by atoms with van der Waals surface area (Å²) in [6.07, 6.45) is 2.56. The molecule has 146 valence electrons. The van der Waals surface area contributed by atoms with E-state index < -0.39 is 0 Å². The zero-order valence-corrected chi connectivity index (χ0v) is 16.2. The Morgan fingerprint density at radius 2 is 1.90 bits per heavy atom. The van der Waals surface area contributed by atoms with E-state index in [4.69, 9.17) is 5.73 Å². The highest BCUT2D eigenvalue weighted by Gasteiger charge is 2.13. The lowest BCUT2D eigenvalue weighted by Crippen LogP contribution is -2.11. The van der Waals surface area contributed by atoms with Gasteiger partial charge in [0.05, 0.1) is 27.3 Å². The van der Waals surface area contributed by atoms with Crippen molar-refractivity contribution in [3.8, 4) is 10.6 Å². The number of nitrogens with one attached hydrogen (secondary N) is 1.